The van der Waals surface area contributed by atoms with Gasteiger partial charge in [-0.25, -0.2) is 0 Å². The molecule has 1 saturated heterocycles. The molecule has 0 aromatic carbocycles. The van der Waals surface area contributed by atoms with Gasteiger partial charge in [0, 0.05) is 59.7 Å². The Balaban J connectivity index is 0.00000676. The van der Waals surface area contributed by atoms with E-state index >= 15 is 0 Å². The van der Waals surface area contributed by atoms with Crippen molar-refractivity contribution in [3.8, 4) is 0 Å². The largest absolute Gasteiger partial charge is 0.381 e. The highest BCUT2D eigenvalue weighted by atomic mass is 127. The van der Waals surface area contributed by atoms with Crippen molar-refractivity contribution in [2.24, 2.45) is 10.9 Å². The fraction of sp³-hybridized carbons (Fsp3) is 0.947. The van der Waals surface area contributed by atoms with Gasteiger partial charge in [0.1, 0.15) is 0 Å². The zero-order valence-electron chi connectivity index (χ0n) is 17.7. The summed E-state index contributed by atoms with van der Waals surface area (Å²) >= 11 is 0. The lowest BCUT2D eigenvalue weighted by Gasteiger charge is -2.22. The van der Waals surface area contributed by atoms with Gasteiger partial charge in [-0.2, -0.15) is 0 Å². The molecule has 8 heteroatoms. The van der Waals surface area contributed by atoms with E-state index in [2.05, 4.69) is 34.6 Å². The Kier molecular flexibility index (Phi) is 17.8. The minimum absolute atomic E-state index is 0. The van der Waals surface area contributed by atoms with Crippen molar-refractivity contribution in [3.63, 3.8) is 0 Å². The SMILES string of the molecule is CCOC(CCN(C)C)CNC(=NC)NCCCOCC1CCOCC1.I. The first-order valence-corrected chi connectivity index (χ1v) is 10.0. The van der Waals surface area contributed by atoms with Crippen LogP contribution in [0, 0.1) is 5.92 Å². The van der Waals surface area contributed by atoms with Gasteiger partial charge in [0.25, 0.3) is 0 Å². The first kappa shape index (κ1) is 26.8. The van der Waals surface area contributed by atoms with Crippen LogP contribution in [0.15, 0.2) is 4.99 Å². The van der Waals surface area contributed by atoms with Gasteiger partial charge in [0.2, 0.25) is 0 Å². The van der Waals surface area contributed by atoms with Gasteiger partial charge in [-0.1, -0.05) is 0 Å². The molecule has 1 heterocycles. The molecule has 0 radical (unpaired) electrons. The molecule has 0 aliphatic carbocycles. The monoisotopic (exact) mass is 500 g/mol. The first-order valence-electron chi connectivity index (χ1n) is 10.0. The number of hydrogen-bond donors (Lipinski definition) is 2. The summed E-state index contributed by atoms with van der Waals surface area (Å²) in [5.41, 5.74) is 0. The molecule has 0 spiro atoms. The number of rotatable bonds is 13. The third kappa shape index (κ3) is 14.5. The number of halogens is 1. The van der Waals surface area contributed by atoms with Crippen LogP contribution in [0.4, 0.5) is 0 Å². The van der Waals surface area contributed by atoms with Crippen molar-refractivity contribution in [1.29, 1.82) is 0 Å². The van der Waals surface area contributed by atoms with Crippen LogP contribution in [0.25, 0.3) is 0 Å². The average Bonchev–Trinajstić information content (AvgIpc) is 2.65. The van der Waals surface area contributed by atoms with E-state index in [-0.39, 0.29) is 30.1 Å². The molecule has 1 aliphatic heterocycles. The quantitative estimate of drug-likeness (QED) is 0.175. The maximum atomic E-state index is 5.80. The van der Waals surface area contributed by atoms with Crippen molar-refractivity contribution in [2.45, 2.75) is 38.7 Å². The number of ether oxygens (including phenoxy) is 3. The third-order valence-electron chi connectivity index (χ3n) is 4.47. The van der Waals surface area contributed by atoms with Crippen molar-refractivity contribution in [1.82, 2.24) is 15.5 Å². The average molecular weight is 500 g/mol. The van der Waals surface area contributed by atoms with E-state index < -0.39 is 0 Å². The van der Waals surface area contributed by atoms with E-state index in [0.29, 0.717) is 5.92 Å². The summed E-state index contributed by atoms with van der Waals surface area (Å²) in [5.74, 6) is 1.49. The lowest BCUT2D eigenvalue weighted by atomic mass is 10.0. The van der Waals surface area contributed by atoms with E-state index in [4.69, 9.17) is 14.2 Å². The Morgan fingerprint density at radius 1 is 1.26 bits per heavy atom. The van der Waals surface area contributed by atoms with Crippen LogP contribution in [0.3, 0.4) is 0 Å². The topological polar surface area (TPSA) is 67.4 Å². The fourth-order valence-electron chi connectivity index (χ4n) is 2.86. The van der Waals surface area contributed by atoms with E-state index in [0.717, 1.165) is 84.3 Å². The Morgan fingerprint density at radius 3 is 2.63 bits per heavy atom. The van der Waals surface area contributed by atoms with E-state index in [1.165, 1.54) is 0 Å². The molecule has 1 rings (SSSR count). The van der Waals surface area contributed by atoms with Gasteiger partial charge >= 0.3 is 0 Å². The standard InChI is InChI=1S/C19H40N4O3.HI/c1-5-26-18(7-11-23(3)4)15-22-19(20-2)21-10-6-12-25-16-17-8-13-24-14-9-17;/h17-18H,5-16H2,1-4H3,(H2,20,21,22);1H. The summed E-state index contributed by atoms with van der Waals surface area (Å²) in [5, 5.41) is 6.70. The van der Waals surface area contributed by atoms with Crippen LogP contribution in [-0.4, -0.2) is 90.8 Å². The maximum absolute atomic E-state index is 5.80. The molecule has 7 nitrogen and oxygen atoms in total. The highest BCUT2D eigenvalue weighted by Crippen LogP contribution is 2.14. The summed E-state index contributed by atoms with van der Waals surface area (Å²) < 4.78 is 17.0. The second-order valence-corrected chi connectivity index (χ2v) is 7.03. The lowest BCUT2D eigenvalue weighted by Crippen LogP contribution is -2.42. The van der Waals surface area contributed by atoms with Crippen LogP contribution in [0.5, 0.6) is 0 Å². The highest BCUT2D eigenvalue weighted by molar-refractivity contribution is 14.0. The third-order valence-corrected chi connectivity index (χ3v) is 4.47. The second kappa shape index (κ2) is 17.9. The second-order valence-electron chi connectivity index (χ2n) is 7.03. The molecule has 0 aromatic heterocycles. The summed E-state index contributed by atoms with van der Waals surface area (Å²) in [4.78, 5) is 6.46. The normalized spacial score (nSPS) is 16.9. The highest BCUT2D eigenvalue weighted by Gasteiger charge is 2.13. The number of nitrogens with one attached hydrogen (secondary N) is 2. The molecule has 0 amide bonds. The summed E-state index contributed by atoms with van der Waals surface area (Å²) in [6, 6.07) is 0. The maximum Gasteiger partial charge on any atom is 0.191 e. The number of aliphatic imine (C=N–C) groups is 1. The zero-order chi connectivity index (χ0) is 19.0. The predicted molar refractivity (Wildman–Crippen MR) is 122 cm³/mol. The van der Waals surface area contributed by atoms with Crippen LogP contribution in [0.1, 0.15) is 32.6 Å². The van der Waals surface area contributed by atoms with Gasteiger partial charge < -0.3 is 29.7 Å². The van der Waals surface area contributed by atoms with Crippen molar-refractivity contribution in [3.05, 3.63) is 0 Å². The molecular weight excluding hydrogens is 459 g/mol. The lowest BCUT2D eigenvalue weighted by molar-refractivity contribution is 0.0203. The van der Waals surface area contributed by atoms with Crippen molar-refractivity contribution in [2.75, 3.05) is 73.8 Å². The van der Waals surface area contributed by atoms with Gasteiger partial charge in [-0.15, -0.1) is 24.0 Å². The van der Waals surface area contributed by atoms with Crippen LogP contribution < -0.4 is 10.6 Å². The van der Waals surface area contributed by atoms with Gasteiger partial charge in [0.05, 0.1) is 6.10 Å². The molecule has 0 aromatic rings. The van der Waals surface area contributed by atoms with Crippen LogP contribution in [0.2, 0.25) is 0 Å². The minimum atomic E-state index is 0. The van der Waals surface area contributed by atoms with Gasteiger partial charge in [-0.05, 0) is 52.6 Å². The molecule has 0 bridgehead atoms. The van der Waals surface area contributed by atoms with Crippen molar-refractivity contribution >= 4 is 29.9 Å². The Hall–Kier alpha value is -0.160. The van der Waals surface area contributed by atoms with Gasteiger partial charge in [-0.3, -0.25) is 4.99 Å². The number of nitrogens with zero attached hydrogens (tertiary/aromatic N) is 2. The molecule has 1 atom stereocenters. The summed E-state index contributed by atoms with van der Waals surface area (Å²) in [7, 11) is 5.97. The van der Waals surface area contributed by atoms with Gasteiger partial charge in [0.15, 0.2) is 5.96 Å². The molecule has 1 fully saturated rings. The Labute approximate surface area is 183 Å². The summed E-state index contributed by atoms with van der Waals surface area (Å²) in [6.45, 7) is 8.81. The molecule has 27 heavy (non-hydrogen) atoms. The number of hydrogen-bond acceptors (Lipinski definition) is 5. The van der Waals surface area contributed by atoms with Crippen LogP contribution >= 0.6 is 24.0 Å². The minimum Gasteiger partial charge on any atom is -0.381 e. The van der Waals surface area contributed by atoms with Crippen molar-refractivity contribution < 1.29 is 14.2 Å². The number of guanidine groups is 1. The summed E-state index contributed by atoms with van der Waals surface area (Å²) in [6.07, 6.45) is 4.43. The zero-order valence-corrected chi connectivity index (χ0v) is 20.0. The van der Waals surface area contributed by atoms with Crippen LogP contribution in [-0.2, 0) is 14.2 Å². The Morgan fingerprint density at radius 2 is 2.00 bits per heavy atom. The molecule has 162 valence electrons. The molecular formula is C19H41IN4O3. The smallest absolute Gasteiger partial charge is 0.191 e. The van der Waals surface area contributed by atoms with E-state index in [1.807, 2.05) is 6.92 Å². The molecule has 1 unspecified atom stereocenters. The molecule has 0 saturated carbocycles. The first-order chi connectivity index (χ1) is 12.7. The van der Waals surface area contributed by atoms with E-state index in [9.17, 15) is 0 Å². The molecule has 2 N–H and O–H groups in total. The fourth-order valence-corrected chi connectivity index (χ4v) is 2.86. The van der Waals surface area contributed by atoms with E-state index in [1.54, 1.807) is 7.05 Å². The predicted octanol–water partition coefficient (Wildman–Crippen LogP) is 1.96. The Bertz CT molecular complexity index is 367. The molecule has 1 aliphatic rings.